The number of ether oxygens (including phenoxy) is 1. The summed E-state index contributed by atoms with van der Waals surface area (Å²) in [6.45, 7) is 6.45. The van der Waals surface area contributed by atoms with Crippen molar-refractivity contribution in [2.45, 2.75) is 25.4 Å². The van der Waals surface area contributed by atoms with Crippen molar-refractivity contribution in [1.82, 2.24) is 19.4 Å². The van der Waals surface area contributed by atoms with Gasteiger partial charge in [-0.1, -0.05) is 42.4 Å². The van der Waals surface area contributed by atoms with E-state index in [-0.39, 0.29) is 35.1 Å². The molecule has 206 valence electrons. The van der Waals surface area contributed by atoms with E-state index in [0.29, 0.717) is 47.9 Å². The molecule has 2 fully saturated rings. The summed E-state index contributed by atoms with van der Waals surface area (Å²) in [7, 11) is 2.06. The van der Waals surface area contributed by atoms with Gasteiger partial charge in [0, 0.05) is 37.2 Å². The minimum atomic E-state index is -0.312. The van der Waals surface area contributed by atoms with Gasteiger partial charge in [0.25, 0.3) is 5.88 Å². The molecule has 8 nitrogen and oxygen atoms in total. The molecular weight excluding hydrogens is 528 g/mol. The van der Waals surface area contributed by atoms with Crippen molar-refractivity contribution in [2.75, 3.05) is 33.3 Å². The Bertz CT molecular complexity index is 1690. The first-order valence-electron chi connectivity index (χ1n) is 13.5. The van der Waals surface area contributed by atoms with Gasteiger partial charge in [0.15, 0.2) is 0 Å². The molecular formula is C31H31ClN4O4. The predicted molar refractivity (Wildman–Crippen MR) is 157 cm³/mol. The lowest BCUT2D eigenvalue weighted by molar-refractivity contribution is -0.132. The van der Waals surface area contributed by atoms with Crippen LogP contribution in [-0.2, 0) is 11.3 Å². The lowest BCUT2D eigenvalue weighted by atomic mass is 9.97. The second kappa shape index (κ2) is 10.6. The molecule has 1 N–H and O–H groups in total. The summed E-state index contributed by atoms with van der Waals surface area (Å²) in [4.78, 5) is 34.3. The summed E-state index contributed by atoms with van der Waals surface area (Å²) in [5, 5.41) is 12.7. The van der Waals surface area contributed by atoms with Crippen LogP contribution in [0.15, 0.2) is 66.0 Å². The molecule has 40 heavy (non-hydrogen) atoms. The highest BCUT2D eigenvalue weighted by Gasteiger charge is 2.31. The number of rotatable bonds is 7. The Hall–Kier alpha value is -3.88. The van der Waals surface area contributed by atoms with E-state index in [9.17, 15) is 14.7 Å². The van der Waals surface area contributed by atoms with Crippen molar-refractivity contribution < 1.29 is 14.6 Å². The van der Waals surface area contributed by atoms with Gasteiger partial charge in [0.2, 0.25) is 5.91 Å². The Labute approximate surface area is 237 Å². The minimum absolute atomic E-state index is 0.0557. The van der Waals surface area contributed by atoms with E-state index < -0.39 is 0 Å². The van der Waals surface area contributed by atoms with Crippen molar-refractivity contribution >= 4 is 39.3 Å². The second-order valence-electron chi connectivity index (χ2n) is 10.8. The Balaban J connectivity index is 1.44. The number of amides is 1. The largest absolute Gasteiger partial charge is 0.508 e. The second-order valence-corrected chi connectivity index (χ2v) is 11.2. The SMILES string of the molecule is C=CC(=O)N1CC(Cn2c(=O)c(OCC3CCCN3C)nc3cc(-c4cc(O)cc5ccccc45)c(Cl)cc32)C1. The van der Waals surface area contributed by atoms with E-state index in [0.717, 1.165) is 35.7 Å². The summed E-state index contributed by atoms with van der Waals surface area (Å²) in [5.41, 5.74) is 2.33. The topological polar surface area (TPSA) is 87.9 Å². The summed E-state index contributed by atoms with van der Waals surface area (Å²) < 4.78 is 7.75. The van der Waals surface area contributed by atoms with E-state index in [2.05, 4.69) is 23.5 Å². The number of fused-ring (bicyclic) bond motifs is 2. The van der Waals surface area contributed by atoms with Crippen LogP contribution < -0.4 is 10.3 Å². The molecule has 0 spiro atoms. The van der Waals surface area contributed by atoms with Gasteiger partial charge in [-0.05, 0) is 73.1 Å². The first-order valence-corrected chi connectivity index (χ1v) is 13.9. The number of likely N-dealkylation sites (tertiary alicyclic amines) is 2. The Morgan fingerprint density at radius 3 is 2.75 bits per heavy atom. The van der Waals surface area contributed by atoms with Gasteiger partial charge < -0.3 is 24.2 Å². The van der Waals surface area contributed by atoms with Gasteiger partial charge in [-0.3, -0.25) is 9.59 Å². The van der Waals surface area contributed by atoms with Crippen LogP contribution in [0.1, 0.15) is 12.8 Å². The predicted octanol–water partition coefficient (Wildman–Crippen LogP) is 4.69. The normalized spacial score (nSPS) is 17.9. The van der Waals surface area contributed by atoms with Crippen LogP contribution in [0.3, 0.4) is 0 Å². The molecule has 2 aliphatic rings. The highest BCUT2D eigenvalue weighted by molar-refractivity contribution is 6.34. The maximum absolute atomic E-state index is 13.7. The van der Waals surface area contributed by atoms with Crippen LogP contribution in [0.5, 0.6) is 11.6 Å². The molecule has 2 saturated heterocycles. The van der Waals surface area contributed by atoms with Gasteiger partial charge in [0.1, 0.15) is 12.4 Å². The zero-order valence-corrected chi connectivity index (χ0v) is 23.1. The molecule has 1 amide bonds. The first-order chi connectivity index (χ1) is 19.3. The molecule has 6 rings (SSSR count). The van der Waals surface area contributed by atoms with Gasteiger partial charge in [0.05, 0.1) is 16.1 Å². The van der Waals surface area contributed by atoms with E-state index in [1.807, 2.05) is 30.3 Å². The fourth-order valence-electron chi connectivity index (χ4n) is 5.86. The smallest absolute Gasteiger partial charge is 0.313 e. The Morgan fingerprint density at radius 2 is 2.00 bits per heavy atom. The van der Waals surface area contributed by atoms with Crippen molar-refractivity contribution in [3.63, 3.8) is 0 Å². The standard InChI is InChI=1S/C31H31ClN4O4/c1-3-29(38)35-15-19(16-35)17-36-28-14-26(32)25(24-12-22(37)11-20-7-4-5-9-23(20)24)13-27(28)33-30(31(36)39)40-18-21-8-6-10-34(21)2/h3-5,7,9,11-14,19,21,37H,1,6,8,10,15-18H2,2H3. The number of hydrogen-bond donors (Lipinski definition) is 1. The fraction of sp³-hybridized carbons (Fsp3) is 0.323. The van der Waals surface area contributed by atoms with E-state index in [1.54, 1.807) is 27.7 Å². The third-order valence-corrected chi connectivity index (χ3v) is 8.42. The third-order valence-electron chi connectivity index (χ3n) is 8.11. The molecule has 9 heteroatoms. The summed E-state index contributed by atoms with van der Waals surface area (Å²) in [6, 6.07) is 15.0. The fourth-order valence-corrected chi connectivity index (χ4v) is 6.12. The molecule has 0 radical (unpaired) electrons. The van der Waals surface area contributed by atoms with Gasteiger partial charge in [-0.2, -0.15) is 0 Å². The summed E-state index contributed by atoms with van der Waals surface area (Å²) >= 11 is 6.86. The number of nitrogens with zero attached hydrogens (tertiary/aromatic N) is 4. The quantitative estimate of drug-likeness (QED) is 0.331. The molecule has 3 aromatic carbocycles. The number of carbonyl (C=O) groups is 1. The zero-order chi connectivity index (χ0) is 28.0. The van der Waals surface area contributed by atoms with Crippen LogP contribution in [-0.4, -0.2) is 69.7 Å². The van der Waals surface area contributed by atoms with Crippen molar-refractivity contribution in [3.05, 3.63) is 76.6 Å². The minimum Gasteiger partial charge on any atom is -0.508 e. The average molecular weight is 559 g/mol. The Kier molecular flexibility index (Phi) is 6.98. The number of phenolic OH excluding ortho intramolecular Hbond substituents is 1. The first kappa shape index (κ1) is 26.3. The van der Waals surface area contributed by atoms with Crippen molar-refractivity contribution in [1.29, 1.82) is 0 Å². The number of aromatic nitrogens is 2. The highest BCUT2D eigenvalue weighted by atomic mass is 35.5. The molecule has 0 saturated carbocycles. The van der Waals surface area contributed by atoms with Crippen molar-refractivity contribution in [2.24, 2.45) is 5.92 Å². The molecule has 4 aromatic rings. The zero-order valence-electron chi connectivity index (χ0n) is 22.3. The van der Waals surface area contributed by atoms with Crippen LogP contribution in [0.4, 0.5) is 0 Å². The molecule has 0 bridgehead atoms. The molecule has 0 aliphatic carbocycles. The van der Waals surface area contributed by atoms with E-state index >= 15 is 0 Å². The number of benzene rings is 3. The lowest BCUT2D eigenvalue weighted by Crippen LogP contribution is -2.51. The van der Waals surface area contributed by atoms with Gasteiger partial charge in [-0.15, -0.1) is 0 Å². The monoisotopic (exact) mass is 558 g/mol. The average Bonchev–Trinajstić information content (AvgIpc) is 3.34. The summed E-state index contributed by atoms with van der Waals surface area (Å²) in [6.07, 6.45) is 3.42. The molecule has 1 aromatic heterocycles. The van der Waals surface area contributed by atoms with Crippen molar-refractivity contribution in [3.8, 4) is 22.8 Å². The maximum Gasteiger partial charge on any atom is 0.313 e. The van der Waals surface area contributed by atoms with Crippen LogP contribution in [0, 0.1) is 5.92 Å². The number of aromatic hydroxyl groups is 1. The van der Waals surface area contributed by atoms with Crippen LogP contribution in [0.25, 0.3) is 32.9 Å². The van der Waals surface area contributed by atoms with E-state index in [4.69, 9.17) is 16.3 Å². The van der Waals surface area contributed by atoms with Gasteiger partial charge in [-0.25, -0.2) is 4.98 Å². The van der Waals surface area contributed by atoms with E-state index in [1.165, 1.54) is 6.08 Å². The third kappa shape index (κ3) is 4.82. The van der Waals surface area contributed by atoms with Crippen LogP contribution in [0.2, 0.25) is 5.02 Å². The highest BCUT2D eigenvalue weighted by Crippen LogP contribution is 2.38. The van der Waals surface area contributed by atoms with Gasteiger partial charge >= 0.3 is 5.56 Å². The number of phenols is 1. The Morgan fingerprint density at radius 1 is 1.20 bits per heavy atom. The molecule has 1 atom stereocenters. The lowest BCUT2D eigenvalue weighted by Gasteiger charge is -2.39. The number of likely N-dealkylation sites (N-methyl/N-ethyl adjacent to an activating group) is 1. The number of carbonyl (C=O) groups excluding carboxylic acids is 1. The number of halogens is 1. The molecule has 3 heterocycles. The summed E-state index contributed by atoms with van der Waals surface area (Å²) in [5.74, 6) is 0.185. The number of hydrogen-bond acceptors (Lipinski definition) is 6. The van der Waals surface area contributed by atoms with Crippen LogP contribution >= 0.6 is 11.6 Å². The molecule has 2 aliphatic heterocycles. The molecule has 1 unspecified atom stereocenters. The maximum atomic E-state index is 13.7.